The van der Waals surface area contributed by atoms with Gasteiger partial charge in [-0.05, 0) is 54.8 Å². The van der Waals surface area contributed by atoms with Gasteiger partial charge in [0.1, 0.15) is 0 Å². The Balaban J connectivity index is 1.34. The molecule has 0 radical (unpaired) electrons. The molecule has 1 atom stereocenters. The lowest BCUT2D eigenvalue weighted by Crippen LogP contribution is -2.49. The molecule has 1 amide bonds. The van der Waals surface area contributed by atoms with Gasteiger partial charge in [-0.15, -0.1) is 0 Å². The second-order valence-corrected chi connectivity index (χ2v) is 9.09. The minimum absolute atomic E-state index is 0.0536. The highest BCUT2D eigenvalue weighted by atomic mass is 35.5. The van der Waals surface area contributed by atoms with Crippen LogP contribution in [0.4, 0.5) is 0 Å². The first-order chi connectivity index (χ1) is 15.5. The average molecular weight is 452 g/mol. The number of fused-ring (bicyclic) bond motifs is 1. The topological polar surface area (TPSA) is 74.5 Å². The van der Waals surface area contributed by atoms with Gasteiger partial charge >= 0.3 is 0 Å². The van der Waals surface area contributed by atoms with Crippen LogP contribution >= 0.6 is 11.6 Å². The maximum absolute atomic E-state index is 13.0. The summed E-state index contributed by atoms with van der Waals surface area (Å²) in [5.74, 6) is 1.24. The predicted molar refractivity (Wildman–Crippen MR) is 122 cm³/mol. The smallest absolute Gasteiger partial charge is 0.257 e. The Morgan fingerprint density at radius 3 is 2.81 bits per heavy atom. The number of piperazine rings is 1. The van der Waals surface area contributed by atoms with Crippen LogP contribution in [0.15, 0.2) is 40.9 Å². The Morgan fingerprint density at radius 2 is 2.03 bits per heavy atom. The number of carbonyl (C=O) groups is 1. The molecule has 0 saturated carbocycles. The molecule has 1 N–H and O–H groups in total. The van der Waals surface area contributed by atoms with Gasteiger partial charge in [0.25, 0.3) is 11.8 Å². The van der Waals surface area contributed by atoms with Crippen LogP contribution in [0, 0.1) is 6.92 Å². The van der Waals surface area contributed by atoms with Gasteiger partial charge < -0.3 is 14.7 Å². The van der Waals surface area contributed by atoms with Gasteiger partial charge in [-0.25, -0.2) is 0 Å². The summed E-state index contributed by atoms with van der Waals surface area (Å²) in [6, 6.07) is 12.0. The van der Waals surface area contributed by atoms with E-state index < -0.39 is 0 Å². The van der Waals surface area contributed by atoms with Crippen LogP contribution in [0.1, 0.15) is 39.8 Å². The highest BCUT2D eigenvalue weighted by Gasteiger charge is 2.30. The summed E-state index contributed by atoms with van der Waals surface area (Å²) in [4.78, 5) is 21.9. The highest BCUT2D eigenvalue weighted by molar-refractivity contribution is 6.30. The van der Waals surface area contributed by atoms with E-state index in [2.05, 4.69) is 27.3 Å². The zero-order valence-electron chi connectivity index (χ0n) is 18.3. The molecular formula is C24H26ClN5O2. The standard InChI is InChI=1S/C24H26ClN5O2/c1-15-9-18(23-27-21(28-32-23)14-29-8-7-26-11-16(29)2)10-19-13-30(24(31)22(15)19)12-17-3-5-20(25)6-4-17/h3-6,9-10,16,26H,7-8,11-14H2,1-2H3/t16-/m0/s1. The van der Waals surface area contributed by atoms with Gasteiger partial charge in [0.05, 0.1) is 6.54 Å². The second kappa shape index (κ2) is 8.65. The van der Waals surface area contributed by atoms with Gasteiger partial charge in [-0.2, -0.15) is 4.98 Å². The van der Waals surface area contributed by atoms with E-state index in [1.54, 1.807) is 0 Å². The Kier molecular flexibility index (Phi) is 5.71. The molecule has 7 nitrogen and oxygen atoms in total. The minimum Gasteiger partial charge on any atom is -0.334 e. The summed E-state index contributed by atoms with van der Waals surface area (Å²) < 4.78 is 5.59. The van der Waals surface area contributed by atoms with E-state index in [0.717, 1.165) is 47.5 Å². The predicted octanol–water partition coefficient (Wildman–Crippen LogP) is 3.65. The number of amides is 1. The van der Waals surface area contributed by atoms with Crippen molar-refractivity contribution < 1.29 is 9.32 Å². The van der Waals surface area contributed by atoms with Gasteiger partial charge in [0, 0.05) is 54.9 Å². The monoisotopic (exact) mass is 451 g/mol. The third-order valence-electron chi connectivity index (χ3n) is 6.26. The molecule has 0 bridgehead atoms. The van der Waals surface area contributed by atoms with Crippen molar-refractivity contribution in [2.75, 3.05) is 19.6 Å². The number of nitrogens with zero attached hydrogens (tertiary/aromatic N) is 4. The maximum Gasteiger partial charge on any atom is 0.257 e. The van der Waals surface area contributed by atoms with Gasteiger partial charge in [-0.1, -0.05) is 28.9 Å². The molecule has 2 aliphatic heterocycles. The van der Waals surface area contributed by atoms with Crippen molar-refractivity contribution in [1.82, 2.24) is 25.3 Å². The van der Waals surface area contributed by atoms with Gasteiger partial charge in [0.15, 0.2) is 5.82 Å². The summed E-state index contributed by atoms with van der Waals surface area (Å²) in [6.45, 7) is 8.85. The first kappa shape index (κ1) is 21.1. The molecule has 8 heteroatoms. The van der Waals surface area contributed by atoms with Crippen LogP contribution in [-0.2, 0) is 19.6 Å². The number of carbonyl (C=O) groups excluding carboxylic acids is 1. The zero-order chi connectivity index (χ0) is 22.2. The molecule has 0 spiro atoms. The quantitative estimate of drug-likeness (QED) is 0.638. The van der Waals surface area contributed by atoms with E-state index >= 15 is 0 Å². The average Bonchev–Trinajstić information content (AvgIpc) is 3.36. The van der Waals surface area contributed by atoms with Gasteiger partial charge in [-0.3, -0.25) is 9.69 Å². The van der Waals surface area contributed by atoms with Crippen LogP contribution < -0.4 is 5.32 Å². The summed E-state index contributed by atoms with van der Waals surface area (Å²) in [7, 11) is 0. The zero-order valence-corrected chi connectivity index (χ0v) is 19.0. The van der Waals surface area contributed by atoms with Gasteiger partial charge in [0.2, 0.25) is 0 Å². The van der Waals surface area contributed by atoms with Crippen molar-refractivity contribution in [2.45, 2.75) is 39.5 Å². The number of hydrogen-bond acceptors (Lipinski definition) is 6. The van der Waals surface area contributed by atoms with Crippen molar-refractivity contribution in [3.05, 3.63) is 69.5 Å². The van der Waals surface area contributed by atoms with Crippen molar-refractivity contribution in [3.63, 3.8) is 0 Å². The molecular weight excluding hydrogens is 426 g/mol. The molecule has 2 aliphatic rings. The summed E-state index contributed by atoms with van der Waals surface area (Å²) >= 11 is 5.98. The number of hydrogen-bond donors (Lipinski definition) is 1. The number of aromatic nitrogens is 2. The first-order valence-electron chi connectivity index (χ1n) is 10.9. The second-order valence-electron chi connectivity index (χ2n) is 8.65. The first-order valence-corrected chi connectivity index (χ1v) is 11.3. The van der Waals surface area contributed by atoms with Crippen LogP contribution in [0.5, 0.6) is 0 Å². The fraction of sp³-hybridized carbons (Fsp3) is 0.375. The number of halogens is 1. The number of aryl methyl sites for hydroxylation is 1. The van der Waals surface area contributed by atoms with E-state index in [1.165, 1.54) is 0 Å². The number of benzene rings is 2. The number of rotatable bonds is 5. The molecule has 3 aromatic rings. The molecule has 1 aromatic heterocycles. The molecule has 32 heavy (non-hydrogen) atoms. The molecule has 166 valence electrons. The van der Waals surface area contributed by atoms with Crippen molar-refractivity contribution in [2.24, 2.45) is 0 Å². The highest BCUT2D eigenvalue weighted by Crippen LogP contribution is 2.32. The van der Waals surface area contributed by atoms with Crippen molar-refractivity contribution in [1.29, 1.82) is 0 Å². The molecule has 0 unspecified atom stereocenters. The minimum atomic E-state index is 0.0536. The van der Waals surface area contributed by atoms with E-state index in [9.17, 15) is 4.79 Å². The summed E-state index contributed by atoms with van der Waals surface area (Å²) in [5, 5.41) is 8.28. The Labute approximate surface area is 192 Å². The molecule has 2 aromatic carbocycles. The Bertz CT molecular complexity index is 1140. The molecule has 0 aliphatic carbocycles. The normalized spacial score (nSPS) is 18.9. The Morgan fingerprint density at radius 1 is 1.22 bits per heavy atom. The van der Waals surface area contributed by atoms with E-state index in [-0.39, 0.29) is 5.91 Å². The molecule has 5 rings (SSSR count). The third-order valence-corrected chi connectivity index (χ3v) is 6.52. The van der Waals surface area contributed by atoms with E-state index in [0.29, 0.717) is 42.4 Å². The third kappa shape index (κ3) is 4.16. The van der Waals surface area contributed by atoms with E-state index in [1.807, 2.05) is 48.2 Å². The van der Waals surface area contributed by atoms with Crippen LogP contribution in [0.2, 0.25) is 5.02 Å². The number of nitrogens with one attached hydrogen (secondary N) is 1. The van der Waals surface area contributed by atoms with Crippen LogP contribution in [0.25, 0.3) is 11.5 Å². The lowest BCUT2D eigenvalue weighted by molar-refractivity contribution is 0.0766. The molecule has 1 saturated heterocycles. The van der Waals surface area contributed by atoms with Crippen molar-refractivity contribution in [3.8, 4) is 11.5 Å². The largest absolute Gasteiger partial charge is 0.334 e. The summed E-state index contributed by atoms with van der Waals surface area (Å²) in [6.07, 6.45) is 0. The van der Waals surface area contributed by atoms with Crippen molar-refractivity contribution >= 4 is 17.5 Å². The van der Waals surface area contributed by atoms with Crippen LogP contribution in [-0.4, -0.2) is 51.5 Å². The molecule has 1 fully saturated rings. The Hall–Kier alpha value is -2.74. The fourth-order valence-corrected chi connectivity index (χ4v) is 4.65. The molecule has 3 heterocycles. The SMILES string of the molecule is Cc1cc(-c2nc(CN3CCNC[C@@H]3C)no2)cc2c1C(=O)N(Cc1ccc(Cl)cc1)C2. The lowest BCUT2D eigenvalue weighted by atomic mass is 10.0. The lowest BCUT2D eigenvalue weighted by Gasteiger charge is -2.32. The summed E-state index contributed by atoms with van der Waals surface area (Å²) in [5.41, 5.74) is 4.61. The fourth-order valence-electron chi connectivity index (χ4n) is 4.52. The van der Waals surface area contributed by atoms with E-state index in [4.69, 9.17) is 16.1 Å². The maximum atomic E-state index is 13.0. The van der Waals surface area contributed by atoms with Crippen LogP contribution in [0.3, 0.4) is 0 Å².